The van der Waals surface area contributed by atoms with E-state index in [1.54, 1.807) is 19.1 Å². The minimum absolute atomic E-state index is 0.0140. The lowest BCUT2D eigenvalue weighted by atomic mass is 9.85. The van der Waals surface area contributed by atoms with E-state index in [1.165, 1.54) is 6.26 Å². The molecule has 0 saturated heterocycles. The Hall–Kier alpha value is -4.14. The Kier molecular flexibility index (Phi) is 8.92. The predicted molar refractivity (Wildman–Crippen MR) is 146 cm³/mol. The quantitative estimate of drug-likeness (QED) is 0.284. The number of hydrogen-bond donors (Lipinski definition) is 3. The van der Waals surface area contributed by atoms with Gasteiger partial charge in [0.15, 0.2) is 0 Å². The van der Waals surface area contributed by atoms with E-state index >= 15 is 0 Å². The van der Waals surface area contributed by atoms with Crippen LogP contribution in [-0.2, 0) is 22.3 Å². The number of halogens is 4. The molecular weight excluding hydrogens is 565 g/mol. The molecule has 3 aromatic rings. The van der Waals surface area contributed by atoms with Crippen molar-refractivity contribution in [2.75, 3.05) is 11.1 Å². The van der Waals surface area contributed by atoms with Crippen LogP contribution in [0.4, 0.5) is 18.9 Å². The highest BCUT2D eigenvalue weighted by Gasteiger charge is 2.37. The van der Waals surface area contributed by atoms with Gasteiger partial charge in [0.25, 0.3) is 5.91 Å². The second-order valence-electron chi connectivity index (χ2n) is 8.66. The topological polar surface area (TPSA) is 107 Å². The number of amides is 2. The number of nitrogens with one attached hydrogen (secondary N) is 3. The van der Waals surface area contributed by atoms with Gasteiger partial charge in [0.05, 0.1) is 56.5 Å². The number of rotatable bonds is 8. The number of nitriles is 1. The van der Waals surface area contributed by atoms with Crippen LogP contribution >= 0.6 is 23.4 Å². The highest BCUT2D eigenvalue weighted by Crippen LogP contribution is 2.41. The van der Waals surface area contributed by atoms with E-state index in [2.05, 4.69) is 22.0 Å². The molecule has 2 aromatic carbocycles. The maximum absolute atomic E-state index is 13.5. The zero-order chi connectivity index (χ0) is 28.9. The molecule has 1 aromatic heterocycles. The van der Waals surface area contributed by atoms with Crippen molar-refractivity contribution in [3.63, 3.8) is 0 Å². The molecule has 0 bridgehead atoms. The van der Waals surface area contributed by atoms with Crippen LogP contribution in [0, 0.1) is 11.3 Å². The Morgan fingerprint density at radius 2 is 1.90 bits per heavy atom. The highest BCUT2D eigenvalue weighted by atomic mass is 35.5. The maximum Gasteiger partial charge on any atom is 0.416 e. The largest absolute Gasteiger partial charge is 0.468 e. The van der Waals surface area contributed by atoms with Crippen LogP contribution in [0.3, 0.4) is 0 Å². The minimum atomic E-state index is -4.64. The fourth-order valence-electron chi connectivity index (χ4n) is 4.04. The molecule has 3 N–H and O–H groups in total. The molecule has 7 nitrogen and oxygen atoms in total. The summed E-state index contributed by atoms with van der Waals surface area (Å²) in [5, 5.41) is 18.6. The van der Waals surface area contributed by atoms with Gasteiger partial charge in [-0.25, -0.2) is 0 Å². The molecule has 0 spiro atoms. The van der Waals surface area contributed by atoms with Crippen molar-refractivity contribution in [1.82, 2.24) is 10.6 Å². The first-order valence-corrected chi connectivity index (χ1v) is 13.2. The molecule has 40 heavy (non-hydrogen) atoms. The van der Waals surface area contributed by atoms with Crippen molar-refractivity contribution >= 4 is 40.9 Å². The molecule has 12 heteroatoms. The molecule has 206 valence electrons. The number of furan rings is 1. The number of carbonyl (C=O) groups is 2. The van der Waals surface area contributed by atoms with Crippen molar-refractivity contribution in [2.45, 2.75) is 25.6 Å². The van der Waals surface area contributed by atoms with Crippen molar-refractivity contribution in [3.8, 4) is 6.07 Å². The van der Waals surface area contributed by atoms with Gasteiger partial charge in [-0.3, -0.25) is 9.59 Å². The molecule has 2 amide bonds. The molecular formula is C28H22ClF3N4O3S. The zero-order valence-electron chi connectivity index (χ0n) is 20.9. The van der Waals surface area contributed by atoms with Crippen LogP contribution in [0.5, 0.6) is 0 Å². The number of nitrogens with zero attached hydrogens (tertiary/aromatic N) is 1. The Balaban J connectivity index is 1.57. The lowest BCUT2D eigenvalue weighted by molar-refractivity contribution is -0.137. The van der Waals surface area contributed by atoms with Crippen LogP contribution in [0.15, 0.2) is 93.2 Å². The Labute approximate surface area is 237 Å². The number of dihydropyridines is 1. The molecule has 0 aliphatic carbocycles. The molecule has 1 aliphatic rings. The third-order valence-corrected chi connectivity index (χ3v) is 7.29. The first-order valence-electron chi connectivity index (χ1n) is 11.9. The number of anilines is 1. The number of hydrogen-bond acceptors (Lipinski definition) is 6. The van der Waals surface area contributed by atoms with Crippen LogP contribution in [-0.4, -0.2) is 17.6 Å². The fraction of sp³-hybridized carbons (Fsp3) is 0.179. The summed E-state index contributed by atoms with van der Waals surface area (Å²) in [5.74, 6) is -1.77. The Morgan fingerprint density at radius 3 is 2.55 bits per heavy atom. The van der Waals surface area contributed by atoms with Gasteiger partial charge in [-0.05, 0) is 42.8 Å². The lowest BCUT2D eigenvalue weighted by Crippen LogP contribution is -2.31. The van der Waals surface area contributed by atoms with Gasteiger partial charge >= 0.3 is 6.18 Å². The molecule has 0 fully saturated rings. The van der Waals surface area contributed by atoms with Crippen LogP contribution in [0.2, 0.25) is 5.02 Å². The van der Waals surface area contributed by atoms with Crippen molar-refractivity contribution in [2.24, 2.45) is 0 Å². The van der Waals surface area contributed by atoms with Crippen molar-refractivity contribution in [3.05, 3.63) is 111 Å². The molecule has 1 aliphatic heterocycles. The van der Waals surface area contributed by atoms with E-state index in [4.69, 9.17) is 16.0 Å². The summed E-state index contributed by atoms with van der Waals surface area (Å²) in [6.07, 6.45) is -3.26. The SMILES string of the molecule is CC1=C(C(=O)Nc2cc(C(F)(F)F)ccc2Cl)C(c2ccco2)C(C#N)=C(SCC(=O)NCc2ccccc2)N1. The van der Waals surface area contributed by atoms with E-state index in [0.717, 1.165) is 35.5 Å². The molecule has 1 unspecified atom stereocenters. The first-order chi connectivity index (χ1) is 19.1. The maximum atomic E-state index is 13.5. The summed E-state index contributed by atoms with van der Waals surface area (Å²) in [6, 6.07) is 17.2. The van der Waals surface area contributed by atoms with Gasteiger partial charge in [0.2, 0.25) is 5.91 Å². The highest BCUT2D eigenvalue weighted by molar-refractivity contribution is 8.03. The number of carbonyl (C=O) groups excluding carboxylic acids is 2. The number of benzene rings is 2. The van der Waals surface area contributed by atoms with Gasteiger partial charge < -0.3 is 20.4 Å². The standard InChI is InChI=1S/C28H22ClF3N4O3S/c1-16-24(26(38)36-21-12-18(28(30,31)32)9-10-20(21)29)25(22-8-5-11-39-22)19(13-33)27(35-16)40-15-23(37)34-14-17-6-3-2-4-7-17/h2-12,25,35H,14-15H2,1H3,(H,34,37)(H,36,38). The molecule has 0 radical (unpaired) electrons. The van der Waals surface area contributed by atoms with Gasteiger partial charge in [0, 0.05) is 12.2 Å². The van der Waals surface area contributed by atoms with E-state index in [1.807, 2.05) is 30.3 Å². The van der Waals surface area contributed by atoms with Crippen LogP contribution in [0.25, 0.3) is 0 Å². The van der Waals surface area contributed by atoms with Crippen LogP contribution in [0.1, 0.15) is 29.7 Å². The average molecular weight is 587 g/mol. The zero-order valence-corrected chi connectivity index (χ0v) is 22.5. The third kappa shape index (κ3) is 6.70. The summed E-state index contributed by atoms with van der Waals surface area (Å²) >= 11 is 7.16. The minimum Gasteiger partial charge on any atom is -0.468 e. The Morgan fingerprint density at radius 1 is 1.15 bits per heavy atom. The van der Waals surface area contributed by atoms with E-state index in [0.29, 0.717) is 17.3 Å². The molecule has 1 atom stereocenters. The van der Waals surface area contributed by atoms with Crippen molar-refractivity contribution in [1.29, 1.82) is 5.26 Å². The number of allylic oxidation sites excluding steroid dienone is 2. The normalized spacial score (nSPS) is 15.3. The van der Waals surface area contributed by atoms with E-state index in [9.17, 15) is 28.0 Å². The average Bonchev–Trinajstić information content (AvgIpc) is 3.46. The molecule has 2 heterocycles. The monoisotopic (exact) mass is 586 g/mol. The number of thioether (sulfide) groups is 1. The first kappa shape index (κ1) is 28.9. The van der Waals surface area contributed by atoms with Gasteiger partial charge in [-0.2, -0.15) is 18.4 Å². The van der Waals surface area contributed by atoms with Crippen molar-refractivity contribution < 1.29 is 27.2 Å². The van der Waals surface area contributed by atoms with E-state index in [-0.39, 0.29) is 39.3 Å². The summed E-state index contributed by atoms with van der Waals surface area (Å²) in [4.78, 5) is 26.0. The fourth-order valence-corrected chi connectivity index (χ4v) is 5.13. The summed E-state index contributed by atoms with van der Waals surface area (Å²) in [7, 11) is 0. The Bertz CT molecular complexity index is 1510. The molecule has 0 saturated carbocycles. The summed E-state index contributed by atoms with van der Waals surface area (Å²) in [6.45, 7) is 1.93. The lowest BCUT2D eigenvalue weighted by Gasteiger charge is -2.28. The smallest absolute Gasteiger partial charge is 0.416 e. The summed E-state index contributed by atoms with van der Waals surface area (Å²) in [5.41, 5.74) is 0.205. The second kappa shape index (κ2) is 12.4. The molecule has 4 rings (SSSR count). The van der Waals surface area contributed by atoms with Gasteiger partial charge in [-0.1, -0.05) is 53.7 Å². The summed E-state index contributed by atoms with van der Waals surface area (Å²) < 4.78 is 45.3. The number of alkyl halides is 3. The predicted octanol–water partition coefficient (Wildman–Crippen LogP) is 6.34. The third-order valence-electron chi connectivity index (χ3n) is 5.94. The van der Waals surface area contributed by atoms with Crippen LogP contribution < -0.4 is 16.0 Å². The van der Waals surface area contributed by atoms with Gasteiger partial charge in [-0.15, -0.1) is 0 Å². The van der Waals surface area contributed by atoms with E-state index < -0.39 is 23.6 Å². The second-order valence-corrected chi connectivity index (χ2v) is 10.1. The van der Waals surface area contributed by atoms with Gasteiger partial charge in [0.1, 0.15) is 5.76 Å².